The summed E-state index contributed by atoms with van der Waals surface area (Å²) in [7, 11) is -9.90. The third-order valence-corrected chi connectivity index (χ3v) is 18.0. The van der Waals surface area contributed by atoms with Crippen molar-refractivity contribution < 1.29 is 80.2 Å². The van der Waals surface area contributed by atoms with Crippen molar-refractivity contribution in [1.29, 1.82) is 0 Å². The lowest BCUT2D eigenvalue weighted by Crippen LogP contribution is -2.30. The maximum Gasteiger partial charge on any atom is 0.472 e. The second kappa shape index (κ2) is 59.8. The molecule has 0 aromatic heterocycles. The first-order valence-corrected chi connectivity index (χ1v) is 39.2. The molecule has 0 amide bonds. The summed E-state index contributed by atoms with van der Waals surface area (Å²) in [5.41, 5.74) is 0. The van der Waals surface area contributed by atoms with E-state index in [1.807, 2.05) is 0 Å². The minimum absolute atomic E-state index is 0.102. The number of hydrogen-bond acceptors (Lipinski definition) is 15. The van der Waals surface area contributed by atoms with Crippen LogP contribution in [0.1, 0.15) is 344 Å². The first kappa shape index (κ1) is 87.1. The molecule has 19 heteroatoms. The normalized spacial score (nSPS) is 14.3. The van der Waals surface area contributed by atoms with Crippen molar-refractivity contribution >= 4 is 39.5 Å². The summed E-state index contributed by atoms with van der Waals surface area (Å²) in [6.45, 7) is 14.0. The van der Waals surface area contributed by atoms with Crippen molar-refractivity contribution in [3.63, 3.8) is 0 Å². The van der Waals surface area contributed by atoms with Crippen LogP contribution in [0.4, 0.5) is 0 Å². The number of aliphatic hydroxyl groups is 1. The van der Waals surface area contributed by atoms with Gasteiger partial charge in [-0.05, 0) is 49.4 Å². The fourth-order valence-electron chi connectivity index (χ4n) is 10.5. The number of phosphoric acid groups is 2. The number of carbonyl (C=O) groups excluding carboxylic acids is 4. The molecular formula is C70H136O17P2. The number of ether oxygens (including phenoxy) is 4. The topological polar surface area (TPSA) is 237 Å². The number of carbonyl (C=O) groups is 4. The van der Waals surface area contributed by atoms with Crippen molar-refractivity contribution in [2.75, 3.05) is 39.6 Å². The maximum atomic E-state index is 13.0. The zero-order valence-corrected chi connectivity index (χ0v) is 59.8. The lowest BCUT2D eigenvalue weighted by molar-refractivity contribution is -0.161. The summed E-state index contributed by atoms with van der Waals surface area (Å²) < 4.78 is 68.2. The van der Waals surface area contributed by atoms with Crippen LogP contribution in [0, 0.1) is 23.7 Å². The summed E-state index contributed by atoms with van der Waals surface area (Å²) in [6, 6.07) is 0. The molecule has 3 unspecified atom stereocenters. The van der Waals surface area contributed by atoms with Gasteiger partial charge < -0.3 is 33.8 Å². The lowest BCUT2D eigenvalue weighted by Gasteiger charge is -2.21. The third kappa shape index (κ3) is 64.6. The number of hydrogen-bond donors (Lipinski definition) is 3. The van der Waals surface area contributed by atoms with Crippen LogP contribution in [-0.4, -0.2) is 96.7 Å². The number of unbranched alkanes of at least 4 members (excludes halogenated alkanes) is 33. The van der Waals surface area contributed by atoms with E-state index in [1.54, 1.807) is 0 Å². The highest BCUT2D eigenvalue weighted by Crippen LogP contribution is 2.45. The maximum absolute atomic E-state index is 13.0. The monoisotopic (exact) mass is 1310 g/mol. The van der Waals surface area contributed by atoms with Gasteiger partial charge in [0.2, 0.25) is 0 Å². The van der Waals surface area contributed by atoms with Gasteiger partial charge in [0.15, 0.2) is 12.2 Å². The number of aliphatic hydroxyl groups excluding tert-OH is 1. The Hall–Kier alpha value is -1.94. The van der Waals surface area contributed by atoms with Gasteiger partial charge in [-0.25, -0.2) is 9.13 Å². The first-order valence-electron chi connectivity index (χ1n) is 36.2. The molecule has 89 heavy (non-hydrogen) atoms. The zero-order valence-electron chi connectivity index (χ0n) is 58.1. The van der Waals surface area contributed by atoms with E-state index in [2.05, 4.69) is 55.4 Å². The van der Waals surface area contributed by atoms with Gasteiger partial charge in [-0.1, -0.05) is 293 Å². The van der Waals surface area contributed by atoms with E-state index in [1.165, 1.54) is 141 Å². The van der Waals surface area contributed by atoms with Crippen LogP contribution in [0.2, 0.25) is 0 Å². The lowest BCUT2D eigenvalue weighted by atomic mass is 10.0. The molecule has 0 aromatic rings. The fraction of sp³-hybridized carbons (Fsp3) is 0.943. The number of esters is 4. The molecule has 5 atom stereocenters. The largest absolute Gasteiger partial charge is 0.472 e. The Morgan fingerprint density at radius 3 is 0.697 bits per heavy atom. The molecule has 0 rings (SSSR count). The van der Waals surface area contributed by atoms with Crippen LogP contribution in [0.15, 0.2) is 0 Å². The van der Waals surface area contributed by atoms with E-state index in [-0.39, 0.29) is 25.7 Å². The zero-order chi connectivity index (χ0) is 66.1. The van der Waals surface area contributed by atoms with E-state index in [0.29, 0.717) is 37.5 Å². The van der Waals surface area contributed by atoms with Gasteiger partial charge in [0, 0.05) is 25.7 Å². The molecule has 0 saturated heterocycles. The second-order valence-electron chi connectivity index (χ2n) is 27.2. The Labute approximate surface area is 543 Å². The van der Waals surface area contributed by atoms with Gasteiger partial charge >= 0.3 is 39.5 Å². The van der Waals surface area contributed by atoms with Crippen molar-refractivity contribution in [3.8, 4) is 0 Å². The molecule has 0 fully saturated rings. The SMILES string of the molecule is CC(C)CCCCCCCCCCCCCCCCC(=O)O[C@H](COC(=O)CCCCCCCCCCCC(C)C)COP(=O)(O)OCC(O)COP(=O)(O)OC[C@@H](COC(=O)CCCCCCCCCC(C)C)OC(=O)CCCCCCCCCC(C)C. The van der Waals surface area contributed by atoms with E-state index in [9.17, 15) is 43.2 Å². The van der Waals surface area contributed by atoms with Crippen LogP contribution in [0.3, 0.4) is 0 Å². The molecule has 0 aliphatic rings. The average Bonchev–Trinajstić information content (AvgIpc) is 3.54. The average molecular weight is 1310 g/mol. The number of rotatable bonds is 67. The Kier molecular flexibility index (Phi) is 58.5. The van der Waals surface area contributed by atoms with Crippen LogP contribution < -0.4 is 0 Å². The quantitative estimate of drug-likeness (QED) is 0.0222. The van der Waals surface area contributed by atoms with Crippen LogP contribution >= 0.6 is 15.6 Å². The van der Waals surface area contributed by atoms with Crippen molar-refractivity contribution in [2.24, 2.45) is 23.7 Å². The van der Waals surface area contributed by atoms with Crippen LogP contribution in [-0.2, 0) is 65.4 Å². The Balaban J connectivity index is 5.23. The predicted octanol–water partition coefficient (Wildman–Crippen LogP) is 19.7. The van der Waals surface area contributed by atoms with Gasteiger partial charge in [-0.2, -0.15) is 0 Å². The standard InChI is InChI=1S/C70H136O17P2/c1-60(2)46-38-30-22-16-13-11-9-10-12-14-18-27-36-44-52-69(74)86-65(56-80-67(72)50-42-34-26-19-15-17-23-31-39-47-61(3)4)58-84-88(76,77)82-54-64(71)55-83-89(78,79)85-59-66(87-70(75)53-45-37-29-21-25-33-41-49-63(7)8)57-81-68(73)51-43-35-28-20-24-32-40-48-62(5)6/h60-66,71H,9-59H2,1-8H3,(H,76,77)(H,78,79)/t64?,65-,66-/m1/s1. The summed E-state index contributed by atoms with van der Waals surface area (Å²) in [6.07, 6.45) is 41.9. The highest BCUT2D eigenvalue weighted by molar-refractivity contribution is 7.47. The van der Waals surface area contributed by atoms with E-state index in [0.717, 1.165) is 108 Å². The van der Waals surface area contributed by atoms with Crippen molar-refractivity contribution in [3.05, 3.63) is 0 Å². The molecule has 0 bridgehead atoms. The Morgan fingerprint density at radius 1 is 0.281 bits per heavy atom. The van der Waals surface area contributed by atoms with Gasteiger partial charge in [0.1, 0.15) is 19.3 Å². The van der Waals surface area contributed by atoms with Crippen LogP contribution in [0.5, 0.6) is 0 Å². The summed E-state index contributed by atoms with van der Waals surface area (Å²) in [5.74, 6) is 0.808. The minimum atomic E-state index is -4.95. The molecule has 0 heterocycles. The van der Waals surface area contributed by atoms with Crippen LogP contribution in [0.25, 0.3) is 0 Å². The Bertz CT molecular complexity index is 1760. The molecular weight excluding hydrogens is 1170 g/mol. The molecule has 0 radical (unpaired) electrons. The van der Waals surface area contributed by atoms with E-state index < -0.39 is 97.5 Å². The highest BCUT2D eigenvalue weighted by atomic mass is 31.2. The van der Waals surface area contributed by atoms with Gasteiger partial charge in [0.05, 0.1) is 26.4 Å². The van der Waals surface area contributed by atoms with E-state index in [4.69, 9.17) is 37.0 Å². The molecule has 0 aromatic carbocycles. The van der Waals surface area contributed by atoms with E-state index >= 15 is 0 Å². The van der Waals surface area contributed by atoms with Crippen molar-refractivity contribution in [2.45, 2.75) is 363 Å². The fourth-order valence-corrected chi connectivity index (χ4v) is 12.1. The molecule has 528 valence electrons. The van der Waals surface area contributed by atoms with Crippen molar-refractivity contribution in [1.82, 2.24) is 0 Å². The Morgan fingerprint density at radius 2 is 0.472 bits per heavy atom. The molecule has 0 spiro atoms. The summed E-state index contributed by atoms with van der Waals surface area (Å²) in [4.78, 5) is 72.5. The number of phosphoric ester groups is 2. The molecule has 0 saturated carbocycles. The molecule has 3 N–H and O–H groups in total. The molecule has 0 aliphatic heterocycles. The van der Waals surface area contributed by atoms with Gasteiger partial charge in [-0.15, -0.1) is 0 Å². The molecule has 17 nitrogen and oxygen atoms in total. The second-order valence-corrected chi connectivity index (χ2v) is 30.1. The minimum Gasteiger partial charge on any atom is -0.462 e. The third-order valence-electron chi connectivity index (χ3n) is 16.1. The van der Waals surface area contributed by atoms with Gasteiger partial charge in [-0.3, -0.25) is 37.3 Å². The highest BCUT2D eigenvalue weighted by Gasteiger charge is 2.30. The smallest absolute Gasteiger partial charge is 0.462 e. The van der Waals surface area contributed by atoms with Gasteiger partial charge in [0.25, 0.3) is 0 Å². The summed E-state index contributed by atoms with van der Waals surface area (Å²) >= 11 is 0. The summed E-state index contributed by atoms with van der Waals surface area (Å²) in [5, 5.41) is 10.6. The molecule has 0 aliphatic carbocycles. The first-order chi connectivity index (χ1) is 42.6. The predicted molar refractivity (Wildman–Crippen MR) is 358 cm³/mol.